The van der Waals surface area contributed by atoms with Crippen LogP contribution in [0, 0.1) is 21.8 Å². The van der Waals surface area contributed by atoms with Crippen molar-refractivity contribution in [3.63, 3.8) is 0 Å². The zero-order chi connectivity index (χ0) is 24.0. The molecule has 0 fully saturated rings. The fourth-order valence-electron chi connectivity index (χ4n) is 2.91. The van der Waals surface area contributed by atoms with E-state index in [9.17, 15) is 10.1 Å². The van der Waals surface area contributed by atoms with Gasteiger partial charge in [0.2, 0.25) is 0 Å². The third-order valence-corrected chi connectivity index (χ3v) is 6.59. The fourth-order valence-corrected chi connectivity index (χ4v) is 3.88. The highest BCUT2D eigenvalue weighted by Gasteiger charge is 2.15. The molecule has 0 atom stereocenters. The Hall–Kier alpha value is -2.54. The summed E-state index contributed by atoms with van der Waals surface area (Å²) in [6, 6.07) is 18.6. The number of benzene rings is 3. The Morgan fingerprint density at radius 1 is 1.21 bits per heavy atom. The highest BCUT2D eigenvalue weighted by molar-refractivity contribution is 14.1. The highest BCUT2D eigenvalue weighted by Crippen LogP contribution is 2.35. The van der Waals surface area contributed by atoms with Crippen LogP contribution in [0.5, 0.6) is 11.5 Å². The van der Waals surface area contributed by atoms with Crippen LogP contribution >= 0.6 is 50.1 Å². The summed E-state index contributed by atoms with van der Waals surface area (Å²) in [4.78, 5) is 12.7. The minimum Gasteiger partial charge on any atom is -0.493 e. The van der Waals surface area contributed by atoms with Gasteiger partial charge in [-0.05, 0) is 88.7 Å². The largest absolute Gasteiger partial charge is 0.493 e. The molecule has 0 spiro atoms. The van der Waals surface area contributed by atoms with Crippen LogP contribution in [0.15, 0.2) is 64.6 Å². The van der Waals surface area contributed by atoms with Gasteiger partial charge in [0.25, 0.3) is 5.91 Å². The normalized spacial score (nSPS) is 11.0. The van der Waals surface area contributed by atoms with Crippen LogP contribution in [0.4, 0.5) is 5.69 Å². The Labute approximate surface area is 219 Å². The molecule has 0 heterocycles. The number of amides is 1. The molecule has 8 heteroatoms. The van der Waals surface area contributed by atoms with Gasteiger partial charge in [-0.1, -0.05) is 45.7 Å². The van der Waals surface area contributed by atoms with Gasteiger partial charge in [0.1, 0.15) is 18.2 Å². The smallest absolute Gasteiger partial charge is 0.266 e. The lowest BCUT2D eigenvalue weighted by Gasteiger charge is -2.13. The second kappa shape index (κ2) is 11.5. The molecule has 33 heavy (non-hydrogen) atoms. The van der Waals surface area contributed by atoms with Crippen molar-refractivity contribution in [3.8, 4) is 17.6 Å². The number of rotatable bonds is 7. The molecule has 3 aromatic carbocycles. The third-order valence-electron chi connectivity index (χ3n) is 4.77. The van der Waals surface area contributed by atoms with E-state index < -0.39 is 5.91 Å². The molecule has 1 N–H and O–H groups in total. The lowest BCUT2D eigenvalue weighted by atomic mass is 10.1. The van der Waals surface area contributed by atoms with Crippen molar-refractivity contribution in [3.05, 3.63) is 89.9 Å². The van der Waals surface area contributed by atoms with Crippen LogP contribution in [0.2, 0.25) is 5.02 Å². The minimum absolute atomic E-state index is 0.0651. The third kappa shape index (κ3) is 6.50. The monoisotopic (exact) mass is 636 g/mol. The van der Waals surface area contributed by atoms with Crippen molar-refractivity contribution in [1.82, 2.24) is 0 Å². The van der Waals surface area contributed by atoms with Crippen molar-refractivity contribution < 1.29 is 14.3 Å². The van der Waals surface area contributed by atoms with E-state index in [4.69, 9.17) is 21.1 Å². The number of hydrogen-bond acceptors (Lipinski definition) is 4. The minimum atomic E-state index is -0.534. The van der Waals surface area contributed by atoms with Gasteiger partial charge in [0.15, 0.2) is 11.5 Å². The maximum Gasteiger partial charge on any atom is 0.266 e. The van der Waals surface area contributed by atoms with E-state index in [1.54, 1.807) is 37.3 Å². The zero-order valence-corrected chi connectivity index (χ0v) is 22.3. The number of carbonyl (C=O) groups is 1. The molecular weight excluding hydrogens is 619 g/mol. The number of carbonyl (C=O) groups excluding carboxylic acids is 1. The van der Waals surface area contributed by atoms with E-state index in [1.807, 2.05) is 30.3 Å². The molecule has 0 aliphatic heterocycles. The molecule has 0 aromatic heterocycles. The second-order valence-electron chi connectivity index (χ2n) is 6.98. The molecule has 0 aliphatic carbocycles. The van der Waals surface area contributed by atoms with Crippen LogP contribution in [0.1, 0.15) is 16.7 Å². The average molecular weight is 638 g/mol. The van der Waals surface area contributed by atoms with E-state index in [2.05, 4.69) is 43.8 Å². The molecule has 0 saturated carbocycles. The van der Waals surface area contributed by atoms with E-state index >= 15 is 0 Å². The highest BCUT2D eigenvalue weighted by atomic mass is 127. The predicted molar refractivity (Wildman–Crippen MR) is 143 cm³/mol. The van der Waals surface area contributed by atoms with Gasteiger partial charge in [-0.15, -0.1) is 0 Å². The second-order valence-corrected chi connectivity index (χ2v) is 9.48. The summed E-state index contributed by atoms with van der Waals surface area (Å²) in [6.45, 7) is 2.17. The van der Waals surface area contributed by atoms with Crippen LogP contribution in [0.3, 0.4) is 0 Å². The van der Waals surface area contributed by atoms with E-state index in [0.717, 1.165) is 14.7 Å². The van der Waals surface area contributed by atoms with E-state index in [0.29, 0.717) is 38.9 Å². The number of halogens is 3. The number of nitrogens with zero attached hydrogens (tertiary/aromatic N) is 1. The first-order chi connectivity index (χ1) is 15.8. The van der Waals surface area contributed by atoms with Gasteiger partial charge in [-0.2, -0.15) is 5.26 Å². The SMILES string of the molecule is COc1cc(/C=C(\C#N)C(=O)Nc2cccc(Cl)c2C)c(Br)cc1OCc1ccc(I)cc1. The number of nitrogens with one attached hydrogen (secondary N) is 1. The zero-order valence-electron chi connectivity index (χ0n) is 17.8. The van der Waals surface area contributed by atoms with Gasteiger partial charge >= 0.3 is 0 Å². The molecule has 5 nitrogen and oxygen atoms in total. The molecule has 0 saturated heterocycles. The Balaban J connectivity index is 1.83. The maximum absolute atomic E-state index is 12.7. The Bertz CT molecular complexity index is 1250. The van der Waals surface area contributed by atoms with Gasteiger partial charge in [-0.25, -0.2) is 0 Å². The first kappa shape index (κ1) is 25.1. The van der Waals surface area contributed by atoms with Crippen LogP contribution in [-0.4, -0.2) is 13.0 Å². The molecule has 0 bridgehead atoms. The van der Waals surface area contributed by atoms with Crippen LogP contribution in [0.25, 0.3) is 6.08 Å². The summed E-state index contributed by atoms with van der Waals surface area (Å²) >= 11 is 11.9. The summed E-state index contributed by atoms with van der Waals surface area (Å²) in [5, 5.41) is 12.9. The van der Waals surface area contributed by atoms with E-state index in [-0.39, 0.29) is 5.57 Å². The summed E-state index contributed by atoms with van der Waals surface area (Å²) < 4.78 is 13.2. The lowest BCUT2D eigenvalue weighted by Crippen LogP contribution is -2.14. The number of methoxy groups -OCH3 is 1. The van der Waals surface area contributed by atoms with Gasteiger partial charge in [-0.3, -0.25) is 4.79 Å². The average Bonchev–Trinajstić information content (AvgIpc) is 2.81. The molecule has 168 valence electrons. The van der Waals surface area contributed by atoms with Crippen molar-refractivity contribution in [1.29, 1.82) is 5.26 Å². The topological polar surface area (TPSA) is 71.3 Å². The number of nitriles is 1. The Morgan fingerprint density at radius 2 is 1.94 bits per heavy atom. The number of hydrogen-bond donors (Lipinski definition) is 1. The molecule has 3 aromatic rings. The molecule has 1 amide bonds. The molecule has 0 unspecified atom stereocenters. The first-order valence-electron chi connectivity index (χ1n) is 9.75. The summed E-state index contributed by atoms with van der Waals surface area (Å²) in [6.07, 6.45) is 1.49. The number of ether oxygens (including phenoxy) is 2. The van der Waals surface area contributed by atoms with Gasteiger partial charge in [0, 0.05) is 18.8 Å². The standard InChI is InChI=1S/C25H19BrClIN2O3/c1-15-21(27)4-3-5-22(15)30-25(31)18(13-29)10-17-11-23(32-2)24(12-20(17)26)33-14-16-6-8-19(28)9-7-16/h3-12H,14H2,1-2H3,(H,30,31)/b18-10+. The van der Waals surface area contributed by atoms with Crippen molar-refractivity contribution >= 4 is 67.8 Å². The van der Waals surface area contributed by atoms with Crippen LogP contribution in [-0.2, 0) is 11.4 Å². The molecular formula is C25H19BrClIN2O3. The lowest BCUT2D eigenvalue weighted by molar-refractivity contribution is -0.112. The Morgan fingerprint density at radius 3 is 2.61 bits per heavy atom. The number of anilines is 1. The van der Waals surface area contributed by atoms with E-state index in [1.165, 1.54) is 13.2 Å². The molecule has 0 radical (unpaired) electrons. The first-order valence-corrected chi connectivity index (χ1v) is 12.0. The molecule has 0 aliphatic rings. The summed E-state index contributed by atoms with van der Waals surface area (Å²) in [5.41, 5.74) is 2.83. The predicted octanol–water partition coefficient (Wildman–Crippen LogP) is 7.15. The van der Waals surface area contributed by atoms with Crippen molar-refractivity contribution in [2.24, 2.45) is 0 Å². The fraction of sp³-hybridized carbons (Fsp3) is 0.120. The Kier molecular flexibility index (Phi) is 8.78. The molecule has 3 rings (SSSR count). The van der Waals surface area contributed by atoms with Gasteiger partial charge in [0.05, 0.1) is 7.11 Å². The maximum atomic E-state index is 12.7. The summed E-state index contributed by atoms with van der Waals surface area (Å²) in [5.74, 6) is 0.490. The summed E-state index contributed by atoms with van der Waals surface area (Å²) in [7, 11) is 1.54. The van der Waals surface area contributed by atoms with Crippen molar-refractivity contribution in [2.45, 2.75) is 13.5 Å². The quantitative estimate of drug-likeness (QED) is 0.170. The van der Waals surface area contributed by atoms with Gasteiger partial charge < -0.3 is 14.8 Å². The van der Waals surface area contributed by atoms with Crippen LogP contribution < -0.4 is 14.8 Å². The van der Waals surface area contributed by atoms with Crippen molar-refractivity contribution in [2.75, 3.05) is 12.4 Å².